The van der Waals surface area contributed by atoms with Gasteiger partial charge in [0, 0.05) is 54.8 Å². The molecular formula is C23H31N5OS2. The van der Waals surface area contributed by atoms with Crippen LogP contribution in [-0.2, 0) is 17.8 Å². The molecule has 3 aromatic heterocycles. The summed E-state index contributed by atoms with van der Waals surface area (Å²) in [6.45, 7) is 11.4. The van der Waals surface area contributed by atoms with Crippen molar-refractivity contribution in [2.75, 3.05) is 18.4 Å². The standard InChI is InChI=1S/C23H31N5OS2/c1-5-15(4)25-10-7-20(29)27-23-21(22-26-17-12-24-9-6-18(17)30-22)16-8-11-28(14(2)3)13-19(16)31-23/h6,9,12,14-15,25H,5,7-8,10-11,13H2,1-4H3,(H,27,29)/t15-/m0/s1. The highest BCUT2D eigenvalue weighted by molar-refractivity contribution is 7.22. The van der Waals surface area contributed by atoms with Crippen LogP contribution in [0.3, 0.4) is 0 Å². The normalized spacial score (nSPS) is 15.4. The van der Waals surface area contributed by atoms with Crippen LogP contribution in [0.2, 0.25) is 0 Å². The van der Waals surface area contributed by atoms with Crippen LogP contribution in [-0.4, -0.2) is 45.9 Å². The summed E-state index contributed by atoms with van der Waals surface area (Å²) in [4.78, 5) is 25.7. The number of thiazole rings is 1. The molecule has 4 rings (SSSR count). The van der Waals surface area contributed by atoms with E-state index in [0.717, 1.165) is 51.7 Å². The Morgan fingerprint density at radius 2 is 2.13 bits per heavy atom. The van der Waals surface area contributed by atoms with Crippen LogP contribution in [0.1, 0.15) is 51.0 Å². The van der Waals surface area contributed by atoms with Crippen LogP contribution >= 0.6 is 22.7 Å². The van der Waals surface area contributed by atoms with Gasteiger partial charge in [0.25, 0.3) is 0 Å². The Kier molecular flexibility index (Phi) is 7.01. The Morgan fingerprint density at radius 1 is 1.29 bits per heavy atom. The Balaban J connectivity index is 1.63. The minimum Gasteiger partial charge on any atom is -0.317 e. The van der Waals surface area contributed by atoms with E-state index in [1.54, 1.807) is 28.9 Å². The fourth-order valence-corrected chi connectivity index (χ4v) is 6.20. The van der Waals surface area contributed by atoms with Gasteiger partial charge in [-0.15, -0.1) is 22.7 Å². The molecule has 6 nitrogen and oxygen atoms in total. The topological polar surface area (TPSA) is 70.1 Å². The van der Waals surface area contributed by atoms with Gasteiger partial charge in [0.15, 0.2) is 0 Å². The highest BCUT2D eigenvalue weighted by Gasteiger charge is 2.28. The highest BCUT2D eigenvalue weighted by Crippen LogP contribution is 2.45. The lowest BCUT2D eigenvalue weighted by atomic mass is 10.0. The number of aromatic nitrogens is 2. The molecule has 1 aliphatic heterocycles. The zero-order valence-corrected chi connectivity index (χ0v) is 20.3. The van der Waals surface area contributed by atoms with Crippen molar-refractivity contribution in [1.29, 1.82) is 0 Å². The van der Waals surface area contributed by atoms with Gasteiger partial charge in [0.2, 0.25) is 5.91 Å². The average Bonchev–Trinajstić information content (AvgIpc) is 3.33. The molecule has 0 spiro atoms. The van der Waals surface area contributed by atoms with Gasteiger partial charge >= 0.3 is 0 Å². The van der Waals surface area contributed by atoms with Gasteiger partial charge in [-0.2, -0.15) is 0 Å². The number of carbonyl (C=O) groups excluding carboxylic acids is 1. The van der Waals surface area contributed by atoms with Crippen LogP contribution in [0.25, 0.3) is 20.8 Å². The number of amides is 1. The first-order valence-electron chi connectivity index (χ1n) is 11.1. The third-order valence-corrected chi connectivity index (χ3v) is 8.12. The molecule has 31 heavy (non-hydrogen) atoms. The molecule has 166 valence electrons. The highest BCUT2D eigenvalue weighted by atomic mass is 32.1. The molecule has 0 aliphatic carbocycles. The molecule has 1 aliphatic rings. The van der Waals surface area contributed by atoms with Crippen LogP contribution in [0, 0.1) is 0 Å². The van der Waals surface area contributed by atoms with Crippen molar-refractivity contribution in [3.63, 3.8) is 0 Å². The van der Waals surface area contributed by atoms with Crippen molar-refractivity contribution in [3.05, 3.63) is 28.9 Å². The van der Waals surface area contributed by atoms with Gasteiger partial charge in [-0.1, -0.05) is 6.92 Å². The second-order valence-electron chi connectivity index (χ2n) is 8.45. The SMILES string of the molecule is CC[C@H](C)NCCC(=O)Nc1sc2c(c1-c1nc3cnccc3s1)CCN(C(C)C)C2. The number of rotatable bonds is 8. The van der Waals surface area contributed by atoms with E-state index < -0.39 is 0 Å². The van der Waals surface area contributed by atoms with Gasteiger partial charge < -0.3 is 10.6 Å². The largest absolute Gasteiger partial charge is 0.317 e. The maximum absolute atomic E-state index is 12.7. The molecule has 1 atom stereocenters. The Morgan fingerprint density at radius 3 is 2.87 bits per heavy atom. The van der Waals surface area contributed by atoms with Gasteiger partial charge in [0.05, 0.1) is 10.9 Å². The molecule has 0 unspecified atom stereocenters. The van der Waals surface area contributed by atoms with E-state index in [1.807, 2.05) is 12.3 Å². The first-order valence-corrected chi connectivity index (χ1v) is 12.7. The monoisotopic (exact) mass is 457 g/mol. The molecule has 8 heteroatoms. The van der Waals surface area contributed by atoms with E-state index >= 15 is 0 Å². The fourth-order valence-electron chi connectivity index (χ4n) is 3.83. The number of nitrogens with one attached hydrogen (secondary N) is 2. The predicted molar refractivity (Wildman–Crippen MR) is 131 cm³/mol. The minimum absolute atomic E-state index is 0.0548. The minimum atomic E-state index is 0.0548. The summed E-state index contributed by atoms with van der Waals surface area (Å²) < 4.78 is 1.12. The van der Waals surface area contributed by atoms with Gasteiger partial charge in [0.1, 0.15) is 15.5 Å². The van der Waals surface area contributed by atoms with Gasteiger partial charge in [-0.3, -0.25) is 14.7 Å². The average molecular weight is 458 g/mol. The summed E-state index contributed by atoms with van der Waals surface area (Å²) in [7, 11) is 0. The van der Waals surface area contributed by atoms with E-state index in [1.165, 1.54) is 10.4 Å². The quantitative estimate of drug-likeness (QED) is 0.503. The van der Waals surface area contributed by atoms with Crippen LogP contribution in [0.4, 0.5) is 5.00 Å². The van der Waals surface area contributed by atoms with E-state index in [-0.39, 0.29) is 5.91 Å². The zero-order chi connectivity index (χ0) is 22.0. The number of fused-ring (bicyclic) bond motifs is 2. The second kappa shape index (κ2) is 9.73. The molecule has 1 amide bonds. The second-order valence-corrected chi connectivity index (χ2v) is 10.6. The molecule has 0 aromatic carbocycles. The Bertz CT molecular complexity index is 1020. The van der Waals surface area contributed by atoms with Crippen molar-refractivity contribution in [2.45, 2.75) is 65.6 Å². The van der Waals surface area contributed by atoms with Crippen LogP contribution in [0.5, 0.6) is 0 Å². The maximum atomic E-state index is 12.7. The molecule has 0 saturated carbocycles. The summed E-state index contributed by atoms with van der Waals surface area (Å²) in [5.74, 6) is 0.0548. The summed E-state index contributed by atoms with van der Waals surface area (Å²) in [5.41, 5.74) is 3.38. The smallest absolute Gasteiger partial charge is 0.226 e. The lowest BCUT2D eigenvalue weighted by molar-refractivity contribution is -0.116. The summed E-state index contributed by atoms with van der Waals surface area (Å²) in [6, 6.07) is 2.95. The Labute approximate surface area is 192 Å². The predicted octanol–water partition coefficient (Wildman–Crippen LogP) is 4.90. The lowest BCUT2D eigenvalue weighted by Crippen LogP contribution is -2.35. The molecule has 0 saturated heterocycles. The third kappa shape index (κ3) is 4.98. The molecule has 3 aromatic rings. The van der Waals surface area contributed by atoms with E-state index in [2.05, 4.69) is 48.2 Å². The first kappa shape index (κ1) is 22.3. The number of carbonyl (C=O) groups is 1. The lowest BCUT2D eigenvalue weighted by Gasteiger charge is -2.30. The number of anilines is 1. The fraction of sp³-hybridized carbons (Fsp3) is 0.522. The molecule has 0 fully saturated rings. The zero-order valence-electron chi connectivity index (χ0n) is 18.7. The number of pyridine rings is 1. The molecule has 2 N–H and O–H groups in total. The van der Waals surface area contributed by atoms with Gasteiger partial charge in [-0.05, 0) is 45.2 Å². The summed E-state index contributed by atoms with van der Waals surface area (Å²) in [5, 5.41) is 8.54. The van der Waals surface area contributed by atoms with Crippen molar-refractivity contribution in [3.8, 4) is 10.6 Å². The van der Waals surface area contributed by atoms with Crippen LogP contribution < -0.4 is 10.6 Å². The van der Waals surface area contributed by atoms with Crippen LogP contribution in [0.15, 0.2) is 18.5 Å². The van der Waals surface area contributed by atoms with E-state index in [9.17, 15) is 4.79 Å². The van der Waals surface area contributed by atoms with Crippen molar-refractivity contribution >= 4 is 43.8 Å². The Hall–Kier alpha value is -1.87. The molecular weight excluding hydrogens is 426 g/mol. The number of hydrogen-bond donors (Lipinski definition) is 2. The molecule has 0 bridgehead atoms. The maximum Gasteiger partial charge on any atom is 0.226 e. The van der Waals surface area contributed by atoms with Gasteiger partial charge in [-0.25, -0.2) is 4.98 Å². The van der Waals surface area contributed by atoms with Crippen molar-refractivity contribution < 1.29 is 4.79 Å². The number of hydrogen-bond acceptors (Lipinski definition) is 7. The van der Waals surface area contributed by atoms with Crippen molar-refractivity contribution in [1.82, 2.24) is 20.2 Å². The van der Waals surface area contributed by atoms with Crippen molar-refractivity contribution in [2.24, 2.45) is 0 Å². The number of nitrogens with zero attached hydrogens (tertiary/aromatic N) is 3. The number of thiophene rings is 1. The van der Waals surface area contributed by atoms with E-state index in [0.29, 0.717) is 25.0 Å². The van der Waals surface area contributed by atoms with E-state index in [4.69, 9.17) is 4.98 Å². The third-order valence-electron chi connectivity index (χ3n) is 5.93. The molecule has 4 heterocycles. The first-order chi connectivity index (χ1) is 15.0. The summed E-state index contributed by atoms with van der Waals surface area (Å²) >= 11 is 3.40. The molecule has 0 radical (unpaired) electrons. The summed E-state index contributed by atoms with van der Waals surface area (Å²) in [6.07, 6.45) is 6.13.